The van der Waals surface area contributed by atoms with E-state index in [1.54, 1.807) is 0 Å². The van der Waals surface area contributed by atoms with Gasteiger partial charge in [-0.05, 0) is 44.4 Å². The summed E-state index contributed by atoms with van der Waals surface area (Å²) in [5, 5.41) is 16.1. The van der Waals surface area contributed by atoms with Crippen LogP contribution in [0.1, 0.15) is 64.7 Å². The third kappa shape index (κ3) is 5.13. The number of ether oxygens (including phenoxy) is 1. The molecule has 0 unspecified atom stereocenters. The molecule has 3 N–H and O–H groups in total. The lowest BCUT2D eigenvalue weighted by Crippen LogP contribution is -2.47. The summed E-state index contributed by atoms with van der Waals surface area (Å²) in [6, 6.07) is -0.150. The van der Waals surface area contributed by atoms with Crippen molar-refractivity contribution in [1.82, 2.24) is 10.6 Å². The Morgan fingerprint density at radius 2 is 1.64 bits per heavy atom. The normalized spacial score (nSPS) is 22.6. The Labute approximate surface area is 134 Å². The second kappa shape index (κ2) is 8.16. The Kier molecular flexibility index (Phi) is 6.50. The highest BCUT2D eigenvalue weighted by atomic mass is 16.5. The summed E-state index contributed by atoms with van der Waals surface area (Å²) < 4.78 is 5.49. The second-order valence-electron chi connectivity index (χ2n) is 7.12. The Morgan fingerprint density at radius 1 is 1.05 bits per heavy atom. The van der Waals surface area contributed by atoms with Crippen LogP contribution in [0.25, 0.3) is 0 Å². The van der Waals surface area contributed by atoms with E-state index in [4.69, 9.17) is 4.74 Å². The lowest BCUT2D eigenvalue weighted by atomic mass is 9.83. The van der Waals surface area contributed by atoms with Crippen molar-refractivity contribution in [3.63, 3.8) is 0 Å². The molecule has 0 heterocycles. The van der Waals surface area contributed by atoms with Crippen molar-refractivity contribution in [2.45, 2.75) is 70.3 Å². The van der Waals surface area contributed by atoms with Gasteiger partial charge in [-0.15, -0.1) is 0 Å². The first-order valence-corrected chi connectivity index (χ1v) is 8.89. The fraction of sp³-hybridized carbons (Fsp3) is 0.941. The topological polar surface area (TPSA) is 70.6 Å². The molecule has 0 saturated heterocycles. The van der Waals surface area contributed by atoms with Crippen LogP contribution in [-0.2, 0) is 4.74 Å². The summed E-state index contributed by atoms with van der Waals surface area (Å²) in [6.07, 6.45) is 9.56. The number of urea groups is 1. The highest BCUT2D eigenvalue weighted by Gasteiger charge is 2.34. The Hall–Kier alpha value is -0.810. The molecular formula is C17H32N2O3. The quantitative estimate of drug-likeness (QED) is 0.603. The minimum Gasteiger partial charge on any atom is -0.388 e. The molecule has 2 rings (SSSR count). The van der Waals surface area contributed by atoms with Crippen LogP contribution < -0.4 is 10.6 Å². The zero-order valence-corrected chi connectivity index (χ0v) is 14.0. The predicted octanol–water partition coefficient (Wildman–Crippen LogP) is 2.58. The third-order valence-corrected chi connectivity index (χ3v) is 5.38. The Balaban J connectivity index is 1.70. The Bertz CT molecular complexity index is 348. The van der Waals surface area contributed by atoms with E-state index in [1.807, 2.05) is 6.92 Å². The molecule has 0 atom stereocenters. The minimum atomic E-state index is -0.683. The van der Waals surface area contributed by atoms with Gasteiger partial charge in [0.25, 0.3) is 0 Å². The molecule has 0 bridgehead atoms. The van der Waals surface area contributed by atoms with Gasteiger partial charge < -0.3 is 20.5 Å². The predicted molar refractivity (Wildman–Crippen MR) is 86.8 cm³/mol. The molecule has 2 saturated carbocycles. The molecule has 0 aromatic carbocycles. The van der Waals surface area contributed by atoms with Gasteiger partial charge >= 0.3 is 6.03 Å². The van der Waals surface area contributed by atoms with E-state index in [2.05, 4.69) is 10.6 Å². The number of carbonyl (C=O) groups excluding carboxylic acids is 1. The first kappa shape index (κ1) is 17.5. The molecule has 2 fully saturated rings. The van der Waals surface area contributed by atoms with Gasteiger partial charge in [-0.3, -0.25) is 0 Å². The fourth-order valence-corrected chi connectivity index (χ4v) is 3.86. The number of hydrogen-bond donors (Lipinski definition) is 3. The zero-order chi connectivity index (χ0) is 15.9. The minimum absolute atomic E-state index is 0.150. The van der Waals surface area contributed by atoms with Crippen LogP contribution in [0.2, 0.25) is 0 Å². The maximum Gasteiger partial charge on any atom is 0.314 e. The van der Waals surface area contributed by atoms with Crippen LogP contribution in [0, 0.1) is 5.41 Å². The van der Waals surface area contributed by atoms with Gasteiger partial charge in [0.2, 0.25) is 0 Å². The summed E-state index contributed by atoms with van der Waals surface area (Å²) in [7, 11) is 0. The average Bonchev–Trinajstić information content (AvgIpc) is 3.14. The van der Waals surface area contributed by atoms with Crippen LogP contribution >= 0.6 is 0 Å². The van der Waals surface area contributed by atoms with E-state index < -0.39 is 5.60 Å². The van der Waals surface area contributed by atoms with E-state index in [0.29, 0.717) is 13.1 Å². The summed E-state index contributed by atoms with van der Waals surface area (Å²) in [4.78, 5) is 12.0. The van der Waals surface area contributed by atoms with Crippen LogP contribution in [-0.4, -0.2) is 43.0 Å². The molecule has 0 aliphatic heterocycles. The highest BCUT2D eigenvalue weighted by Crippen LogP contribution is 2.40. The largest absolute Gasteiger partial charge is 0.388 e. The van der Waals surface area contributed by atoms with Gasteiger partial charge in [0.15, 0.2) is 0 Å². The van der Waals surface area contributed by atoms with Crippen molar-refractivity contribution in [2.24, 2.45) is 5.41 Å². The van der Waals surface area contributed by atoms with Gasteiger partial charge in [-0.25, -0.2) is 4.79 Å². The van der Waals surface area contributed by atoms with E-state index in [9.17, 15) is 9.90 Å². The van der Waals surface area contributed by atoms with Gasteiger partial charge in [-0.1, -0.05) is 25.7 Å². The van der Waals surface area contributed by atoms with Crippen molar-refractivity contribution in [3.05, 3.63) is 0 Å². The lowest BCUT2D eigenvalue weighted by Gasteiger charge is -2.29. The van der Waals surface area contributed by atoms with Gasteiger partial charge in [0.1, 0.15) is 0 Å². The van der Waals surface area contributed by atoms with E-state index >= 15 is 0 Å². The number of nitrogens with one attached hydrogen (secondary N) is 2. The van der Waals surface area contributed by atoms with Crippen molar-refractivity contribution < 1.29 is 14.6 Å². The molecule has 0 aromatic heterocycles. The summed E-state index contributed by atoms with van der Waals surface area (Å²) >= 11 is 0. The number of hydrogen-bond acceptors (Lipinski definition) is 3. The Morgan fingerprint density at radius 3 is 2.27 bits per heavy atom. The fourth-order valence-electron chi connectivity index (χ4n) is 3.86. The maximum absolute atomic E-state index is 12.0. The molecular weight excluding hydrogens is 280 g/mol. The van der Waals surface area contributed by atoms with E-state index in [1.165, 1.54) is 25.7 Å². The standard InChI is InChI=1S/C17H32N2O3/c1-2-22-12-11-16(7-3-4-8-16)13-18-15(20)19-14-17(21)9-5-6-10-17/h21H,2-14H2,1H3,(H2,18,19,20). The number of amides is 2. The molecule has 22 heavy (non-hydrogen) atoms. The molecule has 2 aliphatic rings. The summed E-state index contributed by atoms with van der Waals surface area (Å²) in [5.74, 6) is 0. The van der Waals surface area contributed by atoms with Crippen molar-refractivity contribution >= 4 is 6.03 Å². The van der Waals surface area contributed by atoms with Crippen LogP contribution in [0.3, 0.4) is 0 Å². The zero-order valence-electron chi connectivity index (χ0n) is 14.0. The summed E-state index contributed by atoms with van der Waals surface area (Å²) in [5.41, 5.74) is -0.478. The van der Waals surface area contributed by atoms with Crippen molar-refractivity contribution in [2.75, 3.05) is 26.3 Å². The summed E-state index contributed by atoms with van der Waals surface area (Å²) in [6.45, 7) is 4.62. The molecule has 5 nitrogen and oxygen atoms in total. The smallest absolute Gasteiger partial charge is 0.314 e. The SMILES string of the molecule is CCOCCC1(CNC(=O)NCC2(O)CCCC2)CCCC1. The van der Waals surface area contributed by atoms with E-state index in [-0.39, 0.29) is 11.4 Å². The highest BCUT2D eigenvalue weighted by molar-refractivity contribution is 5.73. The molecule has 2 amide bonds. The number of aliphatic hydroxyl groups is 1. The molecule has 0 spiro atoms. The van der Waals surface area contributed by atoms with Gasteiger partial charge in [0.05, 0.1) is 5.60 Å². The monoisotopic (exact) mass is 312 g/mol. The van der Waals surface area contributed by atoms with Crippen molar-refractivity contribution in [1.29, 1.82) is 0 Å². The maximum atomic E-state index is 12.0. The molecule has 2 aliphatic carbocycles. The lowest BCUT2D eigenvalue weighted by molar-refractivity contribution is 0.0499. The molecule has 0 aromatic rings. The first-order valence-electron chi connectivity index (χ1n) is 8.89. The number of rotatable bonds is 8. The van der Waals surface area contributed by atoms with Crippen molar-refractivity contribution in [3.8, 4) is 0 Å². The van der Waals surface area contributed by atoms with Crippen LogP contribution in [0.5, 0.6) is 0 Å². The molecule has 5 heteroatoms. The average molecular weight is 312 g/mol. The van der Waals surface area contributed by atoms with Gasteiger partial charge in [-0.2, -0.15) is 0 Å². The van der Waals surface area contributed by atoms with Crippen LogP contribution in [0.4, 0.5) is 4.79 Å². The first-order chi connectivity index (χ1) is 10.6. The molecule has 128 valence electrons. The van der Waals surface area contributed by atoms with Crippen LogP contribution in [0.15, 0.2) is 0 Å². The second-order valence-corrected chi connectivity index (χ2v) is 7.12. The van der Waals surface area contributed by atoms with E-state index in [0.717, 1.165) is 45.3 Å². The number of carbonyl (C=O) groups is 1. The molecule has 0 radical (unpaired) electrons. The van der Waals surface area contributed by atoms with Gasteiger partial charge in [0, 0.05) is 26.3 Å². The third-order valence-electron chi connectivity index (χ3n) is 5.38.